The van der Waals surface area contributed by atoms with E-state index in [0.29, 0.717) is 57.2 Å². The topological polar surface area (TPSA) is 83.5 Å². The zero-order valence-electron chi connectivity index (χ0n) is 40.4. The van der Waals surface area contributed by atoms with Gasteiger partial charge < -0.3 is 28.8 Å². The minimum atomic E-state index is -0.497. The molecule has 0 aromatic heterocycles. The Balaban J connectivity index is 1.16. The number of benzene rings is 4. The number of fused-ring (bicyclic) bond motifs is 5. The summed E-state index contributed by atoms with van der Waals surface area (Å²) in [6.45, 7) is 15.6. The molecule has 4 aromatic rings. The first kappa shape index (κ1) is 48.4. The van der Waals surface area contributed by atoms with Gasteiger partial charge in [-0.15, -0.1) is 0 Å². The molecule has 0 aliphatic heterocycles. The Kier molecular flexibility index (Phi) is 16.0. The molecule has 0 spiro atoms. The van der Waals surface area contributed by atoms with Crippen molar-refractivity contribution in [1.29, 1.82) is 0 Å². The van der Waals surface area contributed by atoms with Crippen LogP contribution in [0.2, 0.25) is 0 Å². The molecule has 354 valence electrons. The fourth-order valence-corrected chi connectivity index (χ4v) is 13.2. The van der Waals surface area contributed by atoms with Crippen molar-refractivity contribution < 1.29 is 33.6 Å². The number of aliphatic hydroxyl groups is 1. The summed E-state index contributed by atoms with van der Waals surface area (Å²) in [5.74, 6) is 1.28. The standard InChI is InChI=1S/C59H76O7/c1-40(2)47(31-34-62-42(4)60)35-51(61)41(3)48-27-28-49-53-50(29-32-58(48,49)5)59(6)33-30-52(63-36-43-19-11-7-12-20-43)55(64-37-44-21-13-8-14-22-44)54(59)57(66-39-46-25-17-10-18-26-46)56(53)65-38-45-23-15-9-16-24-45/h7-27,40-41,47,49-57,61H,28-39H2,1-6H3. The number of rotatable bonds is 20. The third-order valence-corrected chi connectivity index (χ3v) is 16.8. The third kappa shape index (κ3) is 10.8. The Hall–Kier alpha value is -4.11. The molecule has 13 unspecified atom stereocenters. The predicted octanol–water partition coefficient (Wildman–Crippen LogP) is 12.3. The van der Waals surface area contributed by atoms with Gasteiger partial charge in [-0.05, 0) is 108 Å². The normalized spacial score (nSPS) is 30.6. The van der Waals surface area contributed by atoms with E-state index in [-0.39, 0.29) is 64.9 Å². The van der Waals surface area contributed by atoms with Gasteiger partial charge in [-0.3, -0.25) is 4.79 Å². The monoisotopic (exact) mass is 897 g/mol. The van der Waals surface area contributed by atoms with Crippen LogP contribution >= 0.6 is 0 Å². The van der Waals surface area contributed by atoms with Gasteiger partial charge in [0.05, 0.1) is 63.6 Å². The van der Waals surface area contributed by atoms with E-state index in [1.54, 1.807) is 0 Å². The number of hydrogen-bond acceptors (Lipinski definition) is 7. The number of allylic oxidation sites excluding steroid dienone is 1. The molecule has 0 amide bonds. The van der Waals surface area contributed by atoms with E-state index in [1.165, 1.54) is 12.5 Å². The maximum absolute atomic E-state index is 12.1. The molecule has 4 aromatic carbocycles. The lowest BCUT2D eigenvalue weighted by molar-refractivity contribution is -0.284. The van der Waals surface area contributed by atoms with Crippen LogP contribution in [0.25, 0.3) is 0 Å². The maximum atomic E-state index is 12.1. The molecule has 1 N–H and O–H groups in total. The van der Waals surface area contributed by atoms with E-state index in [9.17, 15) is 9.90 Å². The minimum absolute atomic E-state index is 0.000218. The van der Waals surface area contributed by atoms with E-state index in [0.717, 1.165) is 60.8 Å². The maximum Gasteiger partial charge on any atom is 0.302 e. The van der Waals surface area contributed by atoms with E-state index in [4.69, 9.17) is 23.7 Å². The Morgan fingerprint density at radius 3 is 1.67 bits per heavy atom. The average molecular weight is 897 g/mol. The van der Waals surface area contributed by atoms with Gasteiger partial charge in [0.2, 0.25) is 0 Å². The molecule has 0 saturated heterocycles. The fourth-order valence-electron chi connectivity index (χ4n) is 13.2. The van der Waals surface area contributed by atoms with Gasteiger partial charge in [-0.2, -0.15) is 0 Å². The first-order valence-electron chi connectivity index (χ1n) is 25.1. The Morgan fingerprint density at radius 2 is 1.15 bits per heavy atom. The molecule has 7 nitrogen and oxygen atoms in total. The van der Waals surface area contributed by atoms with Gasteiger partial charge in [0.1, 0.15) is 0 Å². The van der Waals surface area contributed by atoms with Crippen molar-refractivity contribution in [2.24, 2.45) is 52.3 Å². The molecule has 3 fully saturated rings. The van der Waals surface area contributed by atoms with Gasteiger partial charge in [0.25, 0.3) is 0 Å². The molecule has 0 heterocycles. The van der Waals surface area contributed by atoms with Crippen molar-refractivity contribution in [3.05, 3.63) is 155 Å². The molecule has 7 heteroatoms. The van der Waals surface area contributed by atoms with Crippen LogP contribution in [-0.4, -0.2) is 48.2 Å². The van der Waals surface area contributed by atoms with Crippen LogP contribution in [0.4, 0.5) is 0 Å². The molecular formula is C59H76O7. The second kappa shape index (κ2) is 21.9. The number of aliphatic hydroxyl groups excluding tert-OH is 1. The summed E-state index contributed by atoms with van der Waals surface area (Å²) < 4.78 is 34.7. The summed E-state index contributed by atoms with van der Waals surface area (Å²) in [6, 6.07) is 42.3. The molecule has 4 aliphatic carbocycles. The summed E-state index contributed by atoms with van der Waals surface area (Å²) in [5.41, 5.74) is 5.79. The molecule has 13 atom stereocenters. The van der Waals surface area contributed by atoms with Crippen molar-refractivity contribution in [3.63, 3.8) is 0 Å². The Bertz CT molecular complexity index is 2140. The van der Waals surface area contributed by atoms with E-state index >= 15 is 0 Å². The van der Waals surface area contributed by atoms with E-state index in [2.05, 4.69) is 162 Å². The zero-order valence-corrected chi connectivity index (χ0v) is 40.4. The lowest BCUT2D eigenvalue weighted by Crippen LogP contribution is -2.69. The second-order valence-corrected chi connectivity index (χ2v) is 21.1. The number of carbonyl (C=O) groups excluding carboxylic acids is 1. The highest BCUT2D eigenvalue weighted by molar-refractivity contribution is 5.65. The molecular weight excluding hydrogens is 821 g/mol. The lowest BCUT2D eigenvalue weighted by atomic mass is 9.42. The SMILES string of the molecule is CC(=O)OCCC(CC(O)C(C)C1=CCC2C3C(OCc4ccccc4)C(OCc4ccccc4)C4C(OCc5ccccc5)C(OCc5ccccc5)CCC4(C)C3CCC12C)C(C)C. The first-order chi connectivity index (χ1) is 32.0. The summed E-state index contributed by atoms with van der Waals surface area (Å²) in [7, 11) is 0. The van der Waals surface area contributed by atoms with Crippen molar-refractivity contribution in [2.75, 3.05) is 6.61 Å². The Labute approximate surface area is 395 Å². The number of carbonyl (C=O) groups is 1. The smallest absolute Gasteiger partial charge is 0.302 e. The van der Waals surface area contributed by atoms with Gasteiger partial charge in [0, 0.05) is 18.8 Å². The van der Waals surface area contributed by atoms with E-state index in [1.807, 2.05) is 0 Å². The number of ether oxygens (including phenoxy) is 5. The van der Waals surface area contributed by atoms with Crippen LogP contribution in [0, 0.1) is 52.3 Å². The summed E-state index contributed by atoms with van der Waals surface area (Å²) >= 11 is 0. The molecule has 8 rings (SSSR count). The van der Waals surface area contributed by atoms with Crippen LogP contribution < -0.4 is 0 Å². The third-order valence-electron chi connectivity index (χ3n) is 16.8. The molecule has 0 bridgehead atoms. The van der Waals surface area contributed by atoms with Crippen molar-refractivity contribution in [2.45, 2.75) is 143 Å². The summed E-state index contributed by atoms with van der Waals surface area (Å²) in [5, 5.41) is 12.1. The van der Waals surface area contributed by atoms with Gasteiger partial charge >= 0.3 is 5.97 Å². The van der Waals surface area contributed by atoms with Crippen LogP contribution in [0.1, 0.15) is 109 Å². The largest absolute Gasteiger partial charge is 0.466 e. The van der Waals surface area contributed by atoms with Crippen molar-refractivity contribution in [1.82, 2.24) is 0 Å². The van der Waals surface area contributed by atoms with Crippen molar-refractivity contribution >= 4 is 5.97 Å². The van der Waals surface area contributed by atoms with Crippen molar-refractivity contribution in [3.8, 4) is 0 Å². The second-order valence-electron chi connectivity index (χ2n) is 21.1. The highest BCUT2D eigenvalue weighted by Gasteiger charge is 2.67. The van der Waals surface area contributed by atoms with Gasteiger partial charge in [-0.1, -0.05) is 168 Å². The van der Waals surface area contributed by atoms with Gasteiger partial charge in [-0.25, -0.2) is 0 Å². The molecule has 0 radical (unpaired) electrons. The highest BCUT2D eigenvalue weighted by atomic mass is 16.6. The van der Waals surface area contributed by atoms with Crippen LogP contribution in [0.5, 0.6) is 0 Å². The summed E-state index contributed by atoms with van der Waals surface area (Å²) in [6.07, 6.45) is 7.62. The number of esters is 1. The van der Waals surface area contributed by atoms with Crippen LogP contribution in [0.3, 0.4) is 0 Å². The first-order valence-corrected chi connectivity index (χ1v) is 25.1. The molecule has 4 aliphatic rings. The van der Waals surface area contributed by atoms with Crippen LogP contribution in [-0.2, 0) is 54.9 Å². The van der Waals surface area contributed by atoms with E-state index < -0.39 is 6.10 Å². The zero-order chi connectivity index (χ0) is 46.3. The fraction of sp³-hybridized carbons (Fsp3) is 0.542. The predicted molar refractivity (Wildman–Crippen MR) is 261 cm³/mol. The summed E-state index contributed by atoms with van der Waals surface area (Å²) in [4.78, 5) is 11.6. The average Bonchev–Trinajstić information content (AvgIpc) is 3.69. The highest BCUT2D eigenvalue weighted by Crippen LogP contribution is 2.68. The van der Waals surface area contributed by atoms with Crippen LogP contribution in [0.15, 0.2) is 133 Å². The quantitative estimate of drug-likeness (QED) is 0.0699. The molecule has 3 saturated carbocycles. The van der Waals surface area contributed by atoms with Gasteiger partial charge in [0.15, 0.2) is 0 Å². The minimum Gasteiger partial charge on any atom is -0.466 e. The lowest BCUT2D eigenvalue weighted by Gasteiger charge is -2.66. The number of hydrogen-bond donors (Lipinski definition) is 1. The molecule has 66 heavy (non-hydrogen) atoms. The Morgan fingerprint density at radius 1 is 0.652 bits per heavy atom.